The minimum atomic E-state index is -3.43. The van der Waals surface area contributed by atoms with E-state index >= 15 is 0 Å². The van der Waals surface area contributed by atoms with Crippen LogP contribution in [0.4, 0.5) is 5.69 Å². The Balaban J connectivity index is 1.48. The molecule has 0 atom stereocenters. The Morgan fingerprint density at radius 3 is 2.32 bits per heavy atom. The molecule has 1 amide bonds. The van der Waals surface area contributed by atoms with Crippen molar-refractivity contribution in [2.24, 2.45) is 0 Å². The zero-order valence-corrected chi connectivity index (χ0v) is 17.4. The molecule has 0 bridgehead atoms. The van der Waals surface area contributed by atoms with Crippen LogP contribution in [0.15, 0.2) is 53.4 Å². The van der Waals surface area contributed by atoms with Gasteiger partial charge in [-0.1, -0.05) is 12.1 Å². The Morgan fingerprint density at radius 1 is 1.07 bits per heavy atom. The van der Waals surface area contributed by atoms with Gasteiger partial charge in [0.15, 0.2) is 0 Å². The SMILES string of the molecule is COc1ccc(CSCC(=O)Nc2ccc(S(=O)(=O)N3CCCC3)cc2)cc1. The van der Waals surface area contributed by atoms with E-state index in [4.69, 9.17) is 4.74 Å². The van der Waals surface area contributed by atoms with Crippen LogP contribution in [0.25, 0.3) is 0 Å². The first-order chi connectivity index (χ1) is 13.5. The fourth-order valence-corrected chi connectivity index (χ4v) is 5.27. The summed E-state index contributed by atoms with van der Waals surface area (Å²) in [5, 5.41) is 2.81. The lowest BCUT2D eigenvalue weighted by Crippen LogP contribution is -2.27. The van der Waals surface area contributed by atoms with Gasteiger partial charge in [0.25, 0.3) is 0 Å². The third-order valence-corrected chi connectivity index (χ3v) is 7.42. The van der Waals surface area contributed by atoms with Gasteiger partial charge < -0.3 is 10.1 Å². The highest BCUT2D eigenvalue weighted by atomic mass is 32.2. The number of carbonyl (C=O) groups excluding carboxylic acids is 1. The molecule has 1 heterocycles. The van der Waals surface area contributed by atoms with Gasteiger partial charge in [-0.2, -0.15) is 4.31 Å². The van der Waals surface area contributed by atoms with Crippen LogP contribution in [0.3, 0.4) is 0 Å². The Kier molecular flexibility index (Phi) is 6.98. The molecule has 0 unspecified atom stereocenters. The van der Waals surface area contributed by atoms with Crippen molar-refractivity contribution in [2.45, 2.75) is 23.5 Å². The second-order valence-electron chi connectivity index (χ2n) is 6.52. The van der Waals surface area contributed by atoms with Crippen LogP contribution < -0.4 is 10.1 Å². The lowest BCUT2D eigenvalue weighted by atomic mass is 10.2. The summed E-state index contributed by atoms with van der Waals surface area (Å²) in [5.74, 6) is 1.74. The maximum atomic E-state index is 12.5. The number of benzene rings is 2. The predicted molar refractivity (Wildman–Crippen MR) is 112 cm³/mol. The van der Waals surface area contributed by atoms with Gasteiger partial charge in [-0.15, -0.1) is 11.8 Å². The molecule has 1 aliphatic rings. The lowest BCUT2D eigenvalue weighted by Gasteiger charge is -2.15. The zero-order chi connectivity index (χ0) is 20.0. The van der Waals surface area contributed by atoms with Crippen LogP contribution in [-0.4, -0.2) is 44.6 Å². The van der Waals surface area contributed by atoms with Crippen LogP contribution in [0.1, 0.15) is 18.4 Å². The Morgan fingerprint density at radius 2 is 1.71 bits per heavy atom. The molecule has 1 aliphatic heterocycles. The number of amides is 1. The monoisotopic (exact) mass is 420 g/mol. The van der Waals surface area contributed by atoms with Gasteiger partial charge in [0.05, 0.1) is 17.8 Å². The van der Waals surface area contributed by atoms with E-state index in [1.165, 1.54) is 16.1 Å². The van der Waals surface area contributed by atoms with Gasteiger partial charge in [-0.25, -0.2) is 8.42 Å². The van der Waals surface area contributed by atoms with Crippen LogP contribution in [0, 0.1) is 0 Å². The largest absolute Gasteiger partial charge is 0.497 e. The normalized spacial score (nSPS) is 14.8. The van der Waals surface area contributed by atoms with Gasteiger partial charge in [-0.05, 0) is 54.8 Å². The molecule has 0 spiro atoms. The van der Waals surface area contributed by atoms with Crippen LogP contribution in [-0.2, 0) is 20.6 Å². The Hall–Kier alpha value is -2.03. The summed E-state index contributed by atoms with van der Waals surface area (Å²) in [4.78, 5) is 12.4. The van der Waals surface area contributed by atoms with E-state index in [0.717, 1.165) is 29.9 Å². The number of hydrogen-bond acceptors (Lipinski definition) is 5. The van der Waals surface area contributed by atoms with Gasteiger partial charge in [-0.3, -0.25) is 4.79 Å². The first-order valence-corrected chi connectivity index (χ1v) is 11.7. The quantitative estimate of drug-likeness (QED) is 0.709. The maximum Gasteiger partial charge on any atom is 0.243 e. The van der Waals surface area contributed by atoms with Crippen LogP contribution in [0.5, 0.6) is 5.75 Å². The van der Waals surface area contributed by atoms with Crippen molar-refractivity contribution in [3.63, 3.8) is 0 Å². The molecule has 1 saturated heterocycles. The molecule has 2 aromatic rings. The van der Waals surface area contributed by atoms with E-state index in [9.17, 15) is 13.2 Å². The number of thioether (sulfide) groups is 1. The number of methoxy groups -OCH3 is 1. The van der Waals surface area contributed by atoms with E-state index in [1.807, 2.05) is 24.3 Å². The van der Waals surface area contributed by atoms with Crippen molar-refractivity contribution in [1.82, 2.24) is 4.31 Å². The summed E-state index contributed by atoms with van der Waals surface area (Å²) in [6.45, 7) is 1.15. The van der Waals surface area contributed by atoms with Crippen LogP contribution >= 0.6 is 11.8 Å². The van der Waals surface area contributed by atoms with Gasteiger partial charge >= 0.3 is 0 Å². The minimum absolute atomic E-state index is 0.117. The fraction of sp³-hybridized carbons (Fsp3) is 0.350. The van der Waals surface area contributed by atoms with Gasteiger partial charge in [0.2, 0.25) is 15.9 Å². The van der Waals surface area contributed by atoms with Gasteiger partial charge in [0.1, 0.15) is 5.75 Å². The minimum Gasteiger partial charge on any atom is -0.497 e. The summed E-state index contributed by atoms with van der Waals surface area (Å²) in [6.07, 6.45) is 1.81. The molecular weight excluding hydrogens is 396 g/mol. The average Bonchev–Trinajstić information content (AvgIpc) is 3.25. The molecule has 0 aromatic heterocycles. The number of sulfonamides is 1. The molecule has 3 rings (SSSR count). The van der Waals surface area contributed by atoms with E-state index in [1.54, 1.807) is 31.4 Å². The van der Waals surface area contributed by atoms with Crippen molar-refractivity contribution >= 4 is 33.4 Å². The van der Waals surface area contributed by atoms with Crippen LogP contribution in [0.2, 0.25) is 0 Å². The average molecular weight is 421 g/mol. The number of rotatable bonds is 8. The van der Waals surface area contributed by atoms with E-state index in [-0.39, 0.29) is 10.8 Å². The summed E-state index contributed by atoms with van der Waals surface area (Å²) in [7, 11) is -1.80. The molecule has 1 N–H and O–H groups in total. The van der Waals surface area contributed by atoms with Crippen molar-refractivity contribution in [2.75, 3.05) is 31.3 Å². The third-order valence-electron chi connectivity index (χ3n) is 4.50. The highest BCUT2D eigenvalue weighted by Gasteiger charge is 2.26. The number of ether oxygens (including phenoxy) is 1. The molecule has 8 heteroatoms. The molecule has 6 nitrogen and oxygen atoms in total. The molecular formula is C20H24N2O4S2. The van der Waals surface area contributed by atoms with E-state index in [0.29, 0.717) is 24.5 Å². The fourth-order valence-electron chi connectivity index (χ4n) is 2.97. The first kappa shape index (κ1) is 20.7. The van der Waals surface area contributed by atoms with Crippen molar-refractivity contribution in [3.8, 4) is 5.75 Å². The Labute approximate surface area is 170 Å². The second-order valence-corrected chi connectivity index (χ2v) is 9.45. The van der Waals surface area contributed by atoms with Crippen molar-refractivity contribution < 1.29 is 17.9 Å². The molecule has 150 valence electrons. The van der Waals surface area contributed by atoms with Crippen molar-refractivity contribution in [3.05, 3.63) is 54.1 Å². The summed E-state index contributed by atoms with van der Waals surface area (Å²) < 4.78 is 31.7. The van der Waals surface area contributed by atoms with E-state index < -0.39 is 10.0 Å². The highest BCUT2D eigenvalue weighted by molar-refractivity contribution is 7.99. The number of nitrogens with zero attached hydrogens (tertiary/aromatic N) is 1. The third kappa shape index (κ3) is 5.27. The lowest BCUT2D eigenvalue weighted by molar-refractivity contribution is -0.113. The molecule has 0 radical (unpaired) electrons. The molecule has 28 heavy (non-hydrogen) atoms. The topological polar surface area (TPSA) is 75.7 Å². The summed E-state index contributed by atoms with van der Waals surface area (Å²) in [5.41, 5.74) is 1.71. The molecule has 1 fully saturated rings. The highest BCUT2D eigenvalue weighted by Crippen LogP contribution is 2.22. The Bertz CT molecular complexity index is 891. The number of hydrogen-bond donors (Lipinski definition) is 1. The predicted octanol–water partition coefficient (Wildman–Crippen LogP) is 3.35. The maximum absolute atomic E-state index is 12.5. The standard InChI is InChI=1S/C20H24N2O4S2/c1-26-18-8-4-16(5-9-18)14-27-15-20(23)21-17-6-10-19(11-7-17)28(24,25)22-12-2-3-13-22/h4-11H,2-3,12-15H2,1H3,(H,21,23). The number of nitrogens with one attached hydrogen (secondary N) is 1. The number of anilines is 1. The molecule has 0 saturated carbocycles. The zero-order valence-electron chi connectivity index (χ0n) is 15.8. The number of carbonyl (C=O) groups is 1. The molecule has 0 aliphatic carbocycles. The first-order valence-electron chi connectivity index (χ1n) is 9.10. The van der Waals surface area contributed by atoms with E-state index in [2.05, 4.69) is 5.32 Å². The molecule has 2 aromatic carbocycles. The van der Waals surface area contributed by atoms with Gasteiger partial charge in [0, 0.05) is 24.5 Å². The van der Waals surface area contributed by atoms with Crippen molar-refractivity contribution in [1.29, 1.82) is 0 Å². The summed E-state index contributed by atoms with van der Waals surface area (Å²) in [6, 6.07) is 14.1. The summed E-state index contributed by atoms with van der Waals surface area (Å²) >= 11 is 1.52. The second kappa shape index (κ2) is 9.45. The smallest absolute Gasteiger partial charge is 0.243 e.